The number of hydrogen-bond acceptors (Lipinski definition) is 6. The van der Waals surface area contributed by atoms with Gasteiger partial charge in [-0.1, -0.05) is 0 Å². The Labute approximate surface area is 118 Å². The van der Waals surface area contributed by atoms with Gasteiger partial charge in [0.2, 0.25) is 0 Å². The summed E-state index contributed by atoms with van der Waals surface area (Å²) in [5.41, 5.74) is 0. The molecular formula is C4H12F8N6P4-2. The second-order valence-electron chi connectivity index (χ2n) is 6.48. The van der Waals surface area contributed by atoms with Gasteiger partial charge in [-0.2, -0.15) is 0 Å². The SMILES string of the molecule is CN1P2(F)(F)N(C)[P-]34(F)(F)N(C)P5(F)(F)N(C)[P-]1(F)(F)(N23)N54. The molecule has 0 atom stereocenters. The first-order chi connectivity index (χ1) is 9.17. The second-order valence-corrected chi connectivity index (χ2v) is 24.8. The van der Waals surface area contributed by atoms with E-state index in [1.54, 1.807) is 0 Å². The molecular weight excluding hydrogens is 408 g/mol. The molecule has 0 unspecified atom stereocenters. The van der Waals surface area contributed by atoms with Crippen LogP contribution >= 0.6 is 29.7 Å². The van der Waals surface area contributed by atoms with Gasteiger partial charge in [0.15, 0.2) is 0 Å². The maximum absolute atomic E-state index is 15.5. The molecule has 0 aromatic heterocycles. The first-order valence-corrected chi connectivity index (χ1v) is 14.2. The molecule has 0 N–H and O–H groups in total. The Bertz CT molecular complexity index is 714. The molecule has 0 amide bonds. The fraction of sp³-hybridized carbons (Fsp3) is 1.00. The van der Waals surface area contributed by atoms with Crippen LogP contribution in [0.15, 0.2) is 0 Å². The molecule has 22 heavy (non-hydrogen) atoms. The van der Waals surface area contributed by atoms with Crippen molar-refractivity contribution < 1.29 is 33.6 Å². The van der Waals surface area contributed by atoms with Gasteiger partial charge in [0.25, 0.3) is 0 Å². The summed E-state index contributed by atoms with van der Waals surface area (Å²) in [5.74, 6) is 0. The fourth-order valence-electron chi connectivity index (χ4n) is 5.39. The quantitative estimate of drug-likeness (QED) is 0.375. The van der Waals surface area contributed by atoms with Crippen molar-refractivity contribution in [2.24, 2.45) is 0 Å². The van der Waals surface area contributed by atoms with Crippen LogP contribution in [0.25, 0.3) is 0 Å². The summed E-state index contributed by atoms with van der Waals surface area (Å²) in [5, 5.41) is 0. The second kappa shape index (κ2) is 2.02. The van der Waals surface area contributed by atoms with E-state index in [0.29, 0.717) is 0 Å². The Hall–Kier alpha value is 0.920. The number of nitrogens with zero attached hydrogens (tertiary/aromatic N) is 6. The predicted molar refractivity (Wildman–Crippen MR) is 71.3 cm³/mol. The topological polar surface area (TPSA) is 19.4 Å². The third-order valence-corrected chi connectivity index (χ3v) is 39.9. The first-order valence-electron chi connectivity index (χ1n) is 5.94. The minimum absolute atomic E-state index is 0.259. The molecule has 5 rings (SSSR count). The van der Waals surface area contributed by atoms with E-state index in [0.717, 1.165) is 0 Å². The van der Waals surface area contributed by atoms with Gasteiger partial charge < -0.3 is 0 Å². The van der Waals surface area contributed by atoms with Gasteiger partial charge in [-0.15, -0.1) is 0 Å². The molecule has 18 heteroatoms. The molecule has 5 saturated heterocycles. The van der Waals surface area contributed by atoms with Crippen molar-refractivity contribution in [3.8, 4) is 0 Å². The van der Waals surface area contributed by atoms with Crippen LogP contribution in [0.3, 0.4) is 0 Å². The monoisotopic (exact) mass is 420 g/mol. The van der Waals surface area contributed by atoms with Crippen LogP contribution in [0, 0.1) is 0 Å². The Morgan fingerprint density at radius 3 is 0.909 bits per heavy atom. The molecule has 0 bridgehead atoms. The van der Waals surface area contributed by atoms with Gasteiger partial charge in [0.1, 0.15) is 0 Å². The summed E-state index contributed by atoms with van der Waals surface area (Å²) in [6.45, 7) is 0. The van der Waals surface area contributed by atoms with E-state index in [2.05, 4.69) is 0 Å². The predicted octanol–water partition coefficient (Wildman–Crippen LogP) is 5.56. The number of rotatable bonds is 0. The summed E-state index contributed by atoms with van der Waals surface area (Å²) < 4.78 is 115. The van der Waals surface area contributed by atoms with Crippen molar-refractivity contribution in [1.82, 2.24) is 26.2 Å². The van der Waals surface area contributed by atoms with E-state index >= 15 is 16.8 Å². The van der Waals surface area contributed by atoms with Crippen molar-refractivity contribution in [3.05, 3.63) is 0 Å². The molecule has 0 aromatic carbocycles. The zero-order chi connectivity index (χ0) is 17.2. The van der Waals surface area contributed by atoms with E-state index in [4.69, 9.17) is 0 Å². The molecule has 5 fully saturated rings. The Kier molecular flexibility index (Phi) is 1.40. The van der Waals surface area contributed by atoms with Crippen molar-refractivity contribution in [2.75, 3.05) is 28.2 Å². The molecule has 6 nitrogen and oxygen atoms in total. The summed E-state index contributed by atoms with van der Waals surface area (Å²) in [6.07, 6.45) is 0. The molecule has 0 aliphatic carbocycles. The summed E-state index contributed by atoms with van der Waals surface area (Å²) >= 11 is 0. The molecule has 5 aliphatic rings. The van der Waals surface area contributed by atoms with Crippen LogP contribution in [0.5, 0.6) is 0 Å². The van der Waals surface area contributed by atoms with Crippen LogP contribution in [0.1, 0.15) is 0 Å². The van der Waals surface area contributed by atoms with Crippen LogP contribution < -0.4 is 0 Å². The zero-order valence-corrected chi connectivity index (χ0v) is 15.1. The average Bonchev–Trinajstić information content (AvgIpc) is 2.33. The standard InChI is InChI=1S/C4H12F8N6P4/c1-13-19(5,6)14(2)22(11,12)16(4)20(7,8)15(3)21(13,9,10,17(19)22)18(20)22/h1-4H3/q-2. The van der Waals surface area contributed by atoms with E-state index in [9.17, 15) is 16.8 Å². The number of halogens is 8. The summed E-state index contributed by atoms with van der Waals surface area (Å²) in [4.78, 5) is 0. The van der Waals surface area contributed by atoms with Crippen molar-refractivity contribution >= 4 is 29.7 Å². The minimum atomic E-state index is -8.10. The maximum atomic E-state index is 15.5. The van der Waals surface area contributed by atoms with Gasteiger partial charge in [0.05, 0.1) is 0 Å². The molecule has 5 heterocycles. The Balaban J connectivity index is 2.01. The van der Waals surface area contributed by atoms with Gasteiger partial charge >= 0.3 is 118 Å². The van der Waals surface area contributed by atoms with Gasteiger partial charge in [-0.25, -0.2) is 0 Å². The Morgan fingerprint density at radius 2 is 0.727 bits per heavy atom. The van der Waals surface area contributed by atoms with Gasteiger partial charge in [-0.3, -0.25) is 0 Å². The summed E-state index contributed by atoms with van der Waals surface area (Å²) in [6, 6.07) is 0. The molecule has 0 aromatic rings. The third kappa shape index (κ3) is 0.499. The zero-order valence-electron chi connectivity index (χ0n) is 11.5. The van der Waals surface area contributed by atoms with Crippen LogP contribution in [0.2, 0.25) is 0 Å². The first kappa shape index (κ1) is 15.2. The normalized spacial score (nSPS) is 60.7. The van der Waals surface area contributed by atoms with E-state index in [1.807, 2.05) is 0 Å². The van der Waals surface area contributed by atoms with Crippen LogP contribution in [-0.2, 0) is 0 Å². The Morgan fingerprint density at radius 1 is 0.545 bits per heavy atom. The third-order valence-electron chi connectivity index (χ3n) is 6.43. The molecule has 2 spiro atoms. The van der Waals surface area contributed by atoms with Crippen molar-refractivity contribution in [2.45, 2.75) is 0 Å². The van der Waals surface area contributed by atoms with Crippen molar-refractivity contribution in [1.29, 1.82) is 0 Å². The van der Waals surface area contributed by atoms with Crippen LogP contribution in [0.4, 0.5) is 33.6 Å². The molecule has 5 aliphatic heterocycles. The molecule has 0 radical (unpaired) electrons. The van der Waals surface area contributed by atoms with E-state index in [-0.39, 0.29) is 28.2 Å². The summed E-state index contributed by atoms with van der Waals surface area (Å²) in [7, 11) is -29.0. The molecule has 0 saturated carbocycles. The van der Waals surface area contributed by atoms with Gasteiger partial charge in [0, 0.05) is 0 Å². The van der Waals surface area contributed by atoms with E-state index in [1.165, 1.54) is 0 Å². The van der Waals surface area contributed by atoms with Crippen LogP contribution in [-0.4, -0.2) is 54.4 Å². The molecule has 136 valence electrons. The van der Waals surface area contributed by atoms with Gasteiger partial charge in [-0.05, 0) is 0 Å². The van der Waals surface area contributed by atoms with E-state index < -0.39 is 55.9 Å². The fourth-order valence-corrected chi connectivity index (χ4v) is 54.7. The number of hydrogen-bond donors (Lipinski definition) is 0. The van der Waals surface area contributed by atoms with Crippen molar-refractivity contribution in [3.63, 3.8) is 0 Å². The average molecular weight is 420 g/mol.